The van der Waals surface area contributed by atoms with E-state index in [2.05, 4.69) is 12.2 Å². The van der Waals surface area contributed by atoms with Crippen molar-refractivity contribution in [1.82, 2.24) is 0 Å². The van der Waals surface area contributed by atoms with Crippen LogP contribution in [-0.2, 0) is 26.2 Å². The van der Waals surface area contributed by atoms with Crippen molar-refractivity contribution in [2.24, 2.45) is 0 Å². The molecular formula is C6H9ClZr. The minimum atomic E-state index is 0. The van der Waals surface area contributed by atoms with Gasteiger partial charge in [-0.1, -0.05) is 0 Å². The van der Waals surface area contributed by atoms with Crippen LogP contribution in [0.15, 0.2) is 18.2 Å². The van der Waals surface area contributed by atoms with Crippen LogP contribution in [0.4, 0.5) is 0 Å². The molecule has 0 unspecified atom stereocenters. The molecule has 0 amide bonds. The normalized spacial score (nSPS) is 11.0. The summed E-state index contributed by atoms with van der Waals surface area (Å²) in [6, 6.07) is 0. The first-order valence-electron chi connectivity index (χ1n) is 1.72. The Labute approximate surface area is 76.6 Å². The van der Waals surface area contributed by atoms with Crippen LogP contribution < -0.4 is 0 Å². The fourth-order valence-electron chi connectivity index (χ4n) is 0.340. The van der Waals surface area contributed by atoms with Crippen molar-refractivity contribution < 1.29 is 26.2 Å². The second-order valence-corrected chi connectivity index (χ2v) is 1.00. The third kappa shape index (κ3) is 6.65. The Morgan fingerprint density at radius 2 is 2.00 bits per heavy atom. The SMILES string of the molecule is Cl.[C-]1=CC=CC1.[CH3-].[Zr+2]. The van der Waals surface area contributed by atoms with E-state index < -0.39 is 0 Å². The van der Waals surface area contributed by atoms with Gasteiger partial charge in [-0.3, -0.25) is 6.08 Å². The molecule has 8 heavy (non-hydrogen) atoms. The topological polar surface area (TPSA) is 0 Å². The molecule has 0 heterocycles. The van der Waals surface area contributed by atoms with E-state index in [1.54, 1.807) is 0 Å². The van der Waals surface area contributed by atoms with Crippen LogP contribution in [0.3, 0.4) is 0 Å². The molecule has 0 atom stereocenters. The summed E-state index contributed by atoms with van der Waals surface area (Å²) >= 11 is 0. The van der Waals surface area contributed by atoms with E-state index in [1.165, 1.54) is 0 Å². The molecular weight excluding hydrogens is 199 g/mol. The second-order valence-electron chi connectivity index (χ2n) is 1.00. The molecule has 0 aromatic heterocycles. The molecule has 0 aromatic carbocycles. The van der Waals surface area contributed by atoms with Gasteiger partial charge in [0.1, 0.15) is 0 Å². The summed E-state index contributed by atoms with van der Waals surface area (Å²) in [7, 11) is 0. The summed E-state index contributed by atoms with van der Waals surface area (Å²) in [6.07, 6.45) is 10.0. The van der Waals surface area contributed by atoms with E-state index in [0.717, 1.165) is 6.42 Å². The van der Waals surface area contributed by atoms with Gasteiger partial charge in [-0.05, 0) is 0 Å². The van der Waals surface area contributed by atoms with Crippen molar-refractivity contribution in [2.75, 3.05) is 0 Å². The van der Waals surface area contributed by atoms with Gasteiger partial charge in [-0.2, -0.15) is 6.08 Å². The molecule has 0 saturated carbocycles. The molecule has 1 rings (SSSR count). The summed E-state index contributed by atoms with van der Waals surface area (Å²) in [4.78, 5) is 0. The maximum atomic E-state index is 2.99. The zero-order valence-electron chi connectivity index (χ0n) is 4.85. The van der Waals surface area contributed by atoms with Gasteiger partial charge >= 0.3 is 26.2 Å². The minimum absolute atomic E-state index is 0. The Morgan fingerprint density at radius 1 is 1.38 bits per heavy atom. The van der Waals surface area contributed by atoms with E-state index in [-0.39, 0.29) is 46.0 Å². The third-order valence-electron chi connectivity index (χ3n) is 0.586. The monoisotopic (exact) mass is 206 g/mol. The smallest absolute Gasteiger partial charge is 0.358 e. The first kappa shape index (κ1) is 15.9. The van der Waals surface area contributed by atoms with Gasteiger partial charge in [-0.15, -0.1) is 18.8 Å². The summed E-state index contributed by atoms with van der Waals surface area (Å²) in [5, 5.41) is 0. The number of allylic oxidation sites excluding steroid dienone is 4. The van der Waals surface area contributed by atoms with Crippen LogP contribution in [-0.4, -0.2) is 0 Å². The summed E-state index contributed by atoms with van der Waals surface area (Å²) in [6.45, 7) is 0. The van der Waals surface area contributed by atoms with E-state index in [0.29, 0.717) is 0 Å². The van der Waals surface area contributed by atoms with Crippen LogP contribution in [0.1, 0.15) is 6.42 Å². The summed E-state index contributed by atoms with van der Waals surface area (Å²) in [5.41, 5.74) is 0. The first-order chi connectivity index (χ1) is 2.50. The predicted molar refractivity (Wildman–Crippen MR) is 35.2 cm³/mol. The van der Waals surface area contributed by atoms with Gasteiger partial charge < -0.3 is 7.43 Å². The summed E-state index contributed by atoms with van der Waals surface area (Å²) < 4.78 is 0. The zero-order chi connectivity index (χ0) is 3.54. The molecule has 0 aliphatic heterocycles. The molecule has 0 bridgehead atoms. The molecule has 44 valence electrons. The molecule has 0 spiro atoms. The minimum Gasteiger partial charge on any atom is -0.358 e. The van der Waals surface area contributed by atoms with Crippen LogP contribution in [0.5, 0.6) is 0 Å². The van der Waals surface area contributed by atoms with Crippen molar-refractivity contribution in [1.29, 1.82) is 0 Å². The molecule has 0 N–H and O–H groups in total. The number of halogens is 1. The van der Waals surface area contributed by atoms with Crippen molar-refractivity contribution in [3.8, 4) is 0 Å². The van der Waals surface area contributed by atoms with Crippen LogP contribution in [0.25, 0.3) is 0 Å². The fourth-order valence-corrected chi connectivity index (χ4v) is 0.340. The molecule has 2 heteroatoms. The Kier molecular flexibility index (Phi) is 21.0. The van der Waals surface area contributed by atoms with E-state index in [1.807, 2.05) is 12.2 Å². The van der Waals surface area contributed by atoms with E-state index in [9.17, 15) is 0 Å². The maximum Gasteiger partial charge on any atom is 2.00 e. The van der Waals surface area contributed by atoms with E-state index >= 15 is 0 Å². The second kappa shape index (κ2) is 10.6. The molecule has 1 aliphatic rings. The van der Waals surface area contributed by atoms with Crippen molar-refractivity contribution >= 4 is 12.4 Å². The zero-order valence-corrected chi connectivity index (χ0v) is 8.12. The van der Waals surface area contributed by atoms with Crippen molar-refractivity contribution in [3.63, 3.8) is 0 Å². The standard InChI is InChI=1S/C5H5.CH3.ClH.Zr/c1-2-4-5-3-1;;;/h1-3H,4H2;1H3;1H;/q2*-1;;+2. The Bertz CT molecular complexity index is 66.6. The molecule has 1 aliphatic carbocycles. The average Bonchev–Trinajstić information content (AvgIpc) is 1.76. The first-order valence-corrected chi connectivity index (χ1v) is 1.72. The van der Waals surface area contributed by atoms with Gasteiger partial charge in [-0.25, -0.2) is 12.2 Å². The molecule has 0 aromatic rings. The van der Waals surface area contributed by atoms with Gasteiger partial charge in [0.15, 0.2) is 0 Å². The molecule has 0 radical (unpaired) electrons. The van der Waals surface area contributed by atoms with E-state index in [4.69, 9.17) is 0 Å². The van der Waals surface area contributed by atoms with Gasteiger partial charge in [0.25, 0.3) is 0 Å². The van der Waals surface area contributed by atoms with Crippen molar-refractivity contribution in [2.45, 2.75) is 6.42 Å². The number of hydrogen-bond donors (Lipinski definition) is 0. The Balaban J connectivity index is -0.0000000833. The number of rotatable bonds is 0. The quantitative estimate of drug-likeness (QED) is 0.535. The van der Waals surface area contributed by atoms with Gasteiger partial charge in [0.2, 0.25) is 0 Å². The molecule has 0 fully saturated rings. The van der Waals surface area contributed by atoms with Crippen molar-refractivity contribution in [3.05, 3.63) is 31.7 Å². The Hall–Kier alpha value is 0.653. The maximum absolute atomic E-state index is 2.99. The Morgan fingerprint density at radius 3 is 2.12 bits per heavy atom. The van der Waals surface area contributed by atoms with Gasteiger partial charge in [0.05, 0.1) is 0 Å². The largest absolute Gasteiger partial charge is 2.00 e. The van der Waals surface area contributed by atoms with Crippen LogP contribution in [0, 0.1) is 13.5 Å². The van der Waals surface area contributed by atoms with Gasteiger partial charge in [0, 0.05) is 0 Å². The average molecular weight is 208 g/mol. The predicted octanol–water partition coefficient (Wildman–Crippen LogP) is 2.18. The molecule has 0 nitrogen and oxygen atoms in total. The van der Waals surface area contributed by atoms with Crippen LogP contribution in [0.2, 0.25) is 0 Å². The fraction of sp³-hybridized carbons (Fsp3) is 0.167. The number of hydrogen-bond acceptors (Lipinski definition) is 0. The third-order valence-corrected chi connectivity index (χ3v) is 0.586. The summed E-state index contributed by atoms with van der Waals surface area (Å²) in [5.74, 6) is 0. The molecule has 0 saturated heterocycles. The van der Waals surface area contributed by atoms with Crippen LogP contribution >= 0.6 is 12.4 Å².